The Balaban J connectivity index is 1.89. The maximum Gasteiger partial charge on any atom is 0.315 e. The highest BCUT2D eigenvalue weighted by molar-refractivity contribution is 7.11. The van der Waals surface area contributed by atoms with Crippen LogP contribution in [0.2, 0.25) is 0 Å². The molecule has 0 radical (unpaired) electrons. The topological polar surface area (TPSA) is 74.2 Å². The van der Waals surface area contributed by atoms with Crippen molar-refractivity contribution in [2.45, 2.75) is 32.2 Å². The summed E-state index contributed by atoms with van der Waals surface area (Å²) in [6.07, 6.45) is 4.74. The second-order valence-corrected chi connectivity index (χ2v) is 5.87. The van der Waals surface area contributed by atoms with Gasteiger partial charge in [-0.3, -0.25) is 0 Å². The van der Waals surface area contributed by atoms with Crippen LogP contribution in [0.3, 0.4) is 0 Å². The normalized spacial score (nSPS) is 16.3. The van der Waals surface area contributed by atoms with Crippen LogP contribution in [0, 0.1) is 12.8 Å². The number of hydrogen-bond acceptors (Lipinski definition) is 4. The Morgan fingerprint density at radius 2 is 2.44 bits per heavy atom. The van der Waals surface area contributed by atoms with Crippen LogP contribution in [0.4, 0.5) is 4.79 Å². The number of rotatable bonds is 6. The number of aliphatic hydroxyl groups is 1. The first-order valence-electron chi connectivity index (χ1n) is 6.28. The van der Waals surface area contributed by atoms with Gasteiger partial charge in [0.05, 0.1) is 6.04 Å². The SMILES string of the molecule is Cc1cnc(C(NC(=O)NCCCO)C2CC2)s1. The van der Waals surface area contributed by atoms with Crippen LogP contribution in [-0.2, 0) is 0 Å². The van der Waals surface area contributed by atoms with E-state index in [0.29, 0.717) is 18.9 Å². The molecule has 0 aromatic carbocycles. The summed E-state index contributed by atoms with van der Waals surface area (Å²) >= 11 is 1.64. The lowest BCUT2D eigenvalue weighted by molar-refractivity contribution is 0.233. The van der Waals surface area contributed by atoms with Crippen molar-refractivity contribution in [3.63, 3.8) is 0 Å². The smallest absolute Gasteiger partial charge is 0.315 e. The van der Waals surface area contributed by atoms with Crippen LogP contribution < -0.4 is 10.6 Å². The molecular weight excluding hydrogens is 250 g/mol. The van der Waals surface area contributed by atoms with Gasteiger partial charge in [-0.2, -0.15) is 0 Å². The van der Waals surface area contributed by atoms with Gasteiger partial charge < -0.3 is 15.7 Å². The van der Waals surface area contributed by atoms with E-state index < -0.39 is 0 Å². The average Bonchev–Trinajstić information content (AvgIpc) is 3.09. The number of urea groups is 1. The minimum Gasteiger partial charge on any atom is -0.396 e. The fraction of sp³-hybridized carbons (Fsp3) is 0.667. The number of thiazole rings is 1. The Labute approximate surface area is 111 Å². The maximum atomic E-state index is 11.7. The summed E-state index contributed by atoms with van der Waals surface area (Å²) in [6, 6.07) is -0.133. The number of aromatic nitrogens is 1. The van der Waals surface area contributed by atoms with E-state index in [9.17, 15) is 4.79 Å². The fourth-order valence-electron chi connectivity index (χ4n) is 1.80. The number of nitrogens with zero attached hydrogens (tertiary/aromatic N) is 1. The zero-order valence-electron chi connectivity index (χ0n) is 10.5. The van der Waals surface area contributed by atoms with Crippen molar-refractivity contribution in [3.8, 4) is 0 Å². The van der Waals surface area contributed by atoms with Crippen molar-refractivity contribution in [1.29, 1.82) is 0 Å². The summed E-state index contributed by atoms with van der Waals surface area (Å²) in [5, 5.41) is 15.4. The molecule has 0 aliphatic heterocycles. The Morgan fingerprint density at radius 1 is 1.67 bits per heavy atom. The van der Waals surface area contributed by atoms with Gasteiger partial charge >= 0.3 is 6.03 Å². The summed E-state index contributed by atoms with van der Waals surface area (Å²) in [4.78, 5) is 17.2. The lowest BCUT2D eigenvalue weighted by Crippen LogP contribution is -2.39. The minimum atomic E-state index is -0.173. The molecule has 5 nitrogen and oxygen atoms in total. The molecule has 3 N–H and O–H groups in total. The first-order chi connectivity index (χ1) is 8.70. The molecule has 0 spiro atoms. The van der Waals surface area contributed by atoms with Gasteiger partial charge in [-0.15, -0.1) is 11.3 Å². The fourth-order valence-corrected chi connectivity index (χ4v) is 2.72. The largest absolute Gasteiger partial charge is 0.396 e. The van der Waals surface area contributed by atoms with Crippen molar-refractivity contribution in [3.05, 3.63) is 16.1 Å². The summed E-state index contributed by atoms with van der Waals surface area (Å²) in [5.74, 6) is 0.527. The Bertz CT molecular complexity index is 404. The molecule has 0 bridgehead atoms. The van der Waals surface area contributed by atoms with Crippen LogP contribution in [0.1, 0.15) is 35.2 Å². The number of carbonyl (C=O) groups excluding carboxylic acids is 1. The maximum absolute atomic E-state index is 11.7. The van der Waals surface area contributed by atoms with Crippen molar-refractivity contribution in [2.75, 3.05) is 13.2 Å². The molecule has 1 aromatic rings. The summed E-state index contributed by atoms with van der Waals surface area (Å²) < 4.78 is 0. The quantitative estimate of drug-likeness (QED) is 0.686. The molecular formula is C12H19N3O2S. The molecule has 1 unspecified atom stereocenters. The standard InChI is InChI=1S/C12H19N3O2S/c1-8-7-14-11(18-8)10(9-3-4-9)15-12(17)13-5-2-6-16/h7,9-10,16H,2-6H2,1H3,(H2,13,15,17). The Morgan fingerprint density at radius 3 is 3.00 bits per heavy atom. The van der Waals surface area contributed by atoms with Gasteiger partial charge in [-0.25, -0.2) is 9.78 Å². The third-order valence-corrected chi connectivity index (χ3v) is 3.90. The van der Waals surface area contributed by atoms with E-state index in [1.165, 1.54) is 0 Å². The van der Waals surface area contributed by atoms with Crippen LogP contribution in [0.5, 0.6) is 0 Å². The highest BCUT2D eigenvalue weighted by Crippen LogP contribution is 2.41. The van der Waals surface area contributed by atoms with Crippen molar-refractivity contribution in [2.24, 2.45) is 5.92 Å². The molecule has 1 saturated carbocycles. The molecule has 18 heavy (non-hydrogen) atoms. The molecule has 1 aliphatic rings. The molecule has 1 aromatic heterocycles. The predicted octanol–water partition coefficient (Wildman–Crippen LogP) is 1.58. The Hall–Kier alpha value is -1.14. The van der Waals surface area contributed by atoms with Gasteiger partial charge in [0.1, 0.15) is 5.01 Å². The molecule has 1 atom stereocenters. The van der Waals surface area contributed by atoms with Gasteiger partial charge in [0, 0.05) is 24.2 Å². The van der Waals surface area contributed by atoms with Gasteiger partial charge in [-0.1, -0.05) is 0 Å². The van der Waals surface area contributed by atoms with Crippen molar-refractivity contribution in [1.82, 2.24) is 15.6 Å². The van der Waals surface area contributed by atoms with Gasteiger partial charge in [0.15, 0.2) is 0 Å². The molecule has 0 saturated heterocycles. The van der Waals surface area contributed by atoms with E-state index in [4.69, 9.17) is 5.11 Å². The van der Waals surface area contributed by atoms with E-state index in [0.717, 1.165) is 22.7 Å². The van der Waals surface area contributed by atoms with E-state index in [2.05, 4.69) is 15.6 Å². The minimum absolute atomic E-state index is 0.0397. The number of amides is 2. The average molecular weight is 269 g/mol. The highest BCUT2D eigenvalue weighted by atomic mass is 32.1. The third kappa shape index (κ3) is 3.68. The second kappa shape index (κ2) is 6.15. The van der Waals surface area contributed by atoms with Gasteiger partial charge in [-0.05, 0) is 32.1 Å². The summed E-state index contributed by atoms with van der Waals surface area (Å²) in [7, 11) is 0. The van der Waals surface area contributed by atoms with Gasteiger partial charge in [0.25, 0.3) is 0 Å². The zero-order chi connectivity index (χ0) is 13.0. The van der Waals surface area contributed by atoms with E-state index in [1.807, 2.05) is 13.1 Å². The number of nitrogens with one attached hydrogen (secondary N) is 2. The third-order valence-electron chi connectivity index (χ3n) is 2.91. The lowest BCUT2D eigenvalue weighted by Gasteiger charge is -2.16. The number of hydrogen-bond donors (Lipinski definition) is 3. The number of aryl methyl sites for hydroxylation is 1. The molecule has 2 rings (SSSR count). The molecule has 100 valence electrons. The second-order valence-electron chi connectivity index (χ2n) is 4.60. The molecule has 2 amide bonds. The monoisotopic (exact) mass is 269 g/mol. The molecule has 1 fully saturated rings. The lowest BCUT2D eigenvalue weighted by atomic mass is 10.2. The molecule has 6 heteroatoms. The first-order valence-corrected chi connectivity index (χ1v) is 7.10. The van der Waals surface area contributed by atoms with E-state index >= 15 is 0 Å². The van der Waals surface area contributed by atoms with Crippen LogP contribution in [0.15, 0.2) is 6.20 Å². The van der Waals surface area contributed by atoms with E-state index in [-0.39, 0.29) is 18.7 Å². The first kappa shape index (κ1) is 13.3. The van der Waals surface area contributed by atoms with E-state index in [1.54, 1.807) is 11.3 Å². The predicted molar refractivity (Wildman–Crippen MR) is 70.6 cm³/mol. The number of carbonyl (C=O) groups is 1. The number of aliphatic hydroxyl groups excluding tert-OH is 1. The molecule has 1 heterocycles. The van der Waals surface area contributed by atoms with Crippen LogP contribution >= 0.6 is 11.3 Å². The summed E-state index contributed by atoms with van der Waals surface area (Å²) in [6.45, 7) is 2.61. The van der Waals surface area contributed by atoms with Crippen molar-refractivity contribution < 1.29 is 9.90 Å². The summed E-state index contributed by atoms with van der Waals surface area (Å²) in [5.41, 5.74) is 0. The van der Waals surface area contributed by atoms with Crippen LogP contribution in [0.25, 0.3) is 0 Å². The Kier molecular flexibility index (Phi) is 4.54. The zero-order valence-corrected chi connectivity index (χ0v) is 11.3. The molecule has 1 aliphatic carbocycles. The van der Waals surface area contributed by atoms with Crippen LogP contribution in [-0.4, -0.2) is 29.3 Å². The van der Waals surface area contributed by atoms with Gasteiger partial charge in [0.2, 0.25) is 0 Å². The highest BCUT2D eigenvalue weighted by Gasteiger charge is 2.35. The van der Waals surface area contributed by atoms with Crippen molar-refractivity contribution >= 4 is 17.4 Å².